The normalized spacial score (nSPS) is 22.1. The Morgan fingerprint density at radius 3 is 2.33 bits per heavy atom. The first-order valence-electron chi connectivity index (χ1n) is 8.23. The lowest BCUT2D eigenvalue weighted by molar-refractivity contribution is -0.152. The fourth-order valence-electron chi connectivity index (χ4n) is 3.34. The molecule has 0 radical (unpaired) electrons. The summed E-state index contributed by atoms with van der Waals surface area (Å²) in [7, 11) is 0. The van der Waals surface area contributed by atoms with E-state index < -0.39 is 0 Å². The Morgan fingerprint density at radius 2 is 1.71 bits per heavy atom. The van der Waals surface area contributed by atoms with Gasteiger partial charge in [-0.2, -0.15) is 0 Å². The van der Waals surface area contributed by atoms with E-state index >= 15 is 0 Å². The van der Waals surface area contributed by atoms with Gasteiger partial charge in [-0.15, -0.1) is 0 Å². The second kappa shape index (κ2) is 8.74. The zero-order chi connectivity index (χ0) is 15.1. The highest BCUT2D eigenvalue weighted by Crippen LogP contribution is 2.23. The second-order valence-corrected chi connectivity index (χ2v) is 6.78. The van der Waals surface area contributed by atoms with Crippen molar-refractivity contribution in [3.63, 3.8) is 0 Å². The topological polar surface area (TPSA) is 46.6 Å². The van der Waals surface area contributed by atoms with Crippen molar-refractivity contribution in [1.82, 2.24) is 4.90 Å². The van der Waals surface area contributed by atoms with Crippen LogP contribution in [0.2, 0.25) is 0 Å². The van der Waals surface area contributed by atoms with Gasteiger partial charge in [0.05, 0.1) is 6.54 Å². The second-order valence-electron chi connectivity index (χ2n) is 6.36. The maximum absolute atomic E-state index is 12.0. The van der Waals surface area contributed by atoms with Gasteiger partial charge in [0.15, 0.2) is 0 Å². The third kappa shape index (κ3) is 6.35. The molecule has 120 valence electrons. The average Bonchev–Trinajstić information content (AvgIpc) is 2.47. The first-order chi connectivity index (χ1) is 10.1. The maximum Gasteiger partial charge on any atom is 0.320 e. The van der Waals surface area contributed by atoms with Crippen molar-refractivity contribution in [2.45, 2.75) is 63.9 Å². The number of hydrogen-bond acceptors (Lipinski definition) is 4. The lowest BCUT2D eigenvalue weighted by Crippen LogP contribution is -2.39. The molecule has 2 rings (SSSR count). The number of nitrogens with zero attached hydrogens (tertiary/aromatic N) is 1. The number of halogens is 1. The lowest BCUT2D eigenvalue weighted by atomic mass is 9.92. The Balaban J connectivity index is 1.61. The molecule has 5 heteroatoms. The minimum absolute atomic E-state index is 0.0729. The summed E-state index contributed by atoms with van der Waals surface area (Å²) in [5, 5.41) is -0.242. The van der Waals surface area contributed by atoms with Gasteiger partial charge in [0.1, 0.15) is 6.10 Å². The summed E-state index contributed by atoms with van der Waals surface area (Å²) in [4.78, 5) is 24.9. The SMILES string of the molecule is O=C(Cl)CCC1CCN(CC(=O)OC2CCCCC2)CC1. The van der Waals surface area contributed by atoms with Crippen molar-refractivity contribution in [2.75, 3.05) is 19.6 Å². The molecule has 0 N–H and O–H groups in total. The summed E-state index contributed by atoms with van der Waals surface area (Å²) in [5.41, 5.74) is 0. The van der Waals surface area contributed by atoms with Crippen LogP contribution in [0.1, 0.15) is 57.8 Å². The van der Waals surface area contributed by atoms with Crippen LogP contribution in [0.5, 0.6) is 0 Å². The number of carbonyl (C=O) groups is 2. The van der Waals surface area contributed by atoms with Crippen LogP contribution in [0.3, 0.4) is 0 Å². The van der Waals surface area contributed by atoms with Crippen LogP contribution in [0.15, 0.2) is 0 Å². The van der Waals surface area contributed by atoms with Crippen LogP contribution in [0.25, 0.3) is 0 Å². The van der Waals surface area contributed by atoms with Gasteiger partial charge in [0, 0.05) is 6.42 Å². The Bertz CT molecular complexity index is 347. The summed E-state index contributed by atoms with van der Waals surface area (Å²) in [6.45, 7) is 2.25. The molecule has 1 saturated carbocycles. The minimum atomic E-state index is -0.242. The lowest BCUT2D eigenvalue weighted by Gasteiger charge is -2.31. The molecule has 1 aliphatic heterocycles. The number of ether oxygens (including phenoxy) is 1. The van der Waals surface area contributed by atoms with E-state index in [4.69, 9.17) is 16.3 Å². The third-order valence-corrected chi connectivity index (χ3v) is 4.85. The molecular formula is C16H26ClNO3. The fraction of sp³-hybridized carbons (Fsp3) is 0.875. The van der Waals surface area contributed by atoms with E-state index in [2.05, 4.69) is 4.90 Å². The molecule has 2 aliphatic rings. The molecule has 0 spiro atoms. The van der Waals surface area contributed by atoms with Crippen LogP contribution >= 0.6 is 11.6 Å². The van der Waals surface area contributed by atoms with Gasteiger partial charge in [-0.05, 0) is 75.6 Å². The van der Waals surface area contributed by atoms with Crippen molar-refractivity contribution < 1.29 is 14.3 Å². The molecule has 1 saturated heterocycles. The Labute approximate surface area is 132 Å². The van der Waals surface area contributed by atoms with Gasteiger partial charge in [0.25, 0.3) is 0 Å². The first-order valence-corrected chi connectivity index (χ1v) is 8.61. The van der Waals surface area contributed by atoms with Gasteiger partial charge < -0.3 is 4.74 Å². The van der Waals surface area contributed by atoms with E-state index in [-0.39, 0.29) is 17.3 Å². The van der Waals surface area contributed by atoms with Crippen LogP contribution < -0.4 is 0 Å². The van der Waals surface area contributed by atoms with E-state index in [0.29, 0.717) is 18.9 Å². The molecule has 0 unspecified atom stereocenters. The molecule has 1 heterocycles. The predicted molar refractivity (Wildman–Crippen MR) is 82.2 cm³/mol. The van der Waals surface area contributed by atoms with Crippen LogP contribution in [0.4, 0.5) is 0 Å². The summed E-state index contributed by atoms with van der Waals surface area (Å²) in [5.74, 6) is 0.495. The van der Waals surface area contributed by atoms with Gasteiger partial charge >= 0.3 is 5.97 Å². The van der Waals surface area contributed by atoms with Gasteiger partial charge in [0.2, 0.25) is 5.24 Å². The summed E-state index contributed by atoms with van der Waals surface area (Å²) >= 11 is 5.38. The standard InChI is InChI=1S/C16H26ClNO3/c17-15(19)7-6-13-8-10-18(11-9-13)12-16(20)21-14-4-2-1-3-5-14/h13-14H,1-12H2. The largest absolute Gasteiger partial charge is 0.461 e. The zero-order valence-corrected chi connectivity index (χ0v) is 13.4. The summed E-state index contributed by atoms with van der Waals surface area (Å²) in [6.07, 6.45) is 9.27. The monoisotopic (exact) mass is 315 g/mol. The number of rotatable bonds is 6. The number of likely N-dealkylation sites (tertiary alicyclic amines) is 1. The third-order valence-electron chi connectivity index (χ3n) is 4.66. The molecule has 0 bridgehead atoms. The van der Waals surface area contributed by atoms with Crippen LogP contribution in [-0.2, 0) is 14.3 Å². The summed E-state index contributed by atoms with van der Waals surface area (Å²) in [6, 6.07) is 0. The van der Waals surface area contributed by atoms with E-state index in [1.165, 1.54) is 19.3 Å². The van der Waals surface area contributed by atoms with E-state index in [1.54, 1.807) is 0 Å². The molecule has 0 aromatic rings. The minimum Gasteiger partial charge on any atom is -0.461 e. The molecule has 2 fully saturated rings. The predicted octanol–water partition coefficient (Wildman–Crippen LogP) is 3.12. The molecule has 1 aliphatic carbocycles. The van der Waals surface area contributed by atoms with E-state index in [0.717, 1.165) is 45.2 Å². The van der Waals surface area contributed by atoms with E-state index in [9.17, 15) is 9.59 Å². The fourth-order valence-corrected chi connectivity index (χ4v) is 3.45. The summed E-state index contributed by atoms with van der Waals surface area (Å²) < 4.78 is 5.56. The zero-order valence-electron chi connectivity index (χ0n) is 12.7. The maximum atomic E-state index is 12.0. The Kier molecular flexibility index (Phi) is 6.97. The molecule has 0 aromatic heterocycles. The Morgan fingerprint density at radius 1 is 1.05 bits per heavy atom. The highest BCUT2D eigenvalue weighted by Gasteiger charge is 2.23. The van der Waals surface area contributed by atoms with E-state index in [1.807, 2.05) is 0 Å². The van der Waals surface area contributed by atoms with Crippen molar-refractivity contribution in [2.24, 2.45) is 5.92 Å². The number of hydrogen-bond donors (Lipinski definition) is 0. The average molecular weight is 316 g/mol. The van der Waals surface area contributed by atoms with Crippen molar-refractivity contribution >= 4 is 22.8 Å². The molecule has 0 atom stereocenters. The van der Waals surface area contributed by atoms with Crippen LogP contribution in [0, 0.1) is 5.92 Å². The number of piperidine rings is 1. The molecule has 4 nitrogen and oxygen atoms in total. The van der Waals surface area contributed by atoms with Gasteiger partial charge in [-0.25, -0.2) is 0 Å². The van der Waals surface area contributed by atoms with Gasteiger partial charge in [-0.3, -0.25) is 14.5 Å². The van der Waals surface area contributed by atoms with Crippen molar-refractivity contribution in [3.05, 3.63) is 0 Å². The number of carbonyl (C=O) groups excluding carboxylic acids is 2. The Hall–Kier alpha value is -0.610. The first kappa shape index (κ1) is 16.8. The van der Waals surface area contributed by atoms with Crippen LogP contribution in [-0.4, -0.2) is 41.8 Å². The van der Waals surface area contributed by atoms with Gasteiger partial charge in [-0.1, -0.05) is 6.42 Å². The van der Waals surface area contributed by atoms with Crippen molar-refractivity contribution in [3.8, 4) is 0 Å². The number of esters is 1. The smallest absolute Gasteiger partial charge is 0.320 e. The molecule has 0 amide bonds. The molecular weight excluding hydrogens is 290 g/mol. The van der Waals surface area contributed by atoms with Crippen molar-refractivity contribution in [1.29, 1.82) is 0 Å². The molecule has 21 heavy (non-hydrogen) atoms. The highest BCUT2D eigenvalue weighted by molar-refractivity contribution is 6.63. The molecule has 0 aromatic carbocycles. The quantitative estimate of drug-likeness (QED) is 0.558. The highest BCUT2D eigenvalue weighted by atomic mass is 35.5.